The van der Waals surface area contributed by atoms with E-state index in [1.165, 1.54) is 24.3 Å². The molecule has 3 rings (SSSR count). The molecule has 0 atom stereocenters. The molecule has 0 N–H and O–H groups in total. The molecule has 0 aliphatic heterocycles. The van der Waals surface area contributed by atoms with Crippen LogP contribution in [0.2, 0.25) is 0 Å². The zero-order chi connectivity index (χ0) is 18.7. The standard InChI is InChI=1S/C19H14N2O5/c1-12-10-16(15-4-2-3-5-17(15)20-12)19(23)26-11-18(22)13-6-8-14(9-7-13)21(24)25/h2-10H,11H2,1H3. The summed E-state index contributed by atoms with van der Waals surface area (Å²) >= 11 is 0. The lowest BCUT2D eigenvalue weighted by molar-refractivity contribution is -0.384. The molecule has 2 aromatic carbocycles. The Bertz CT molecular complexity index is 1010. The van der Waals surface area contributed by atoms with Gasteiger partial charge in [0.15, 0.2) is 12.4 Å². The van der Waals surface area contributed by atoms with Crippen LogP contribution in [0.4, 0.5) is 5.69 Å². The van der Waals surface area contributed by atoms with Crippen LogP contribution in [-0.4, -0.2) is 28.3 Å². The monoisotopic (exact) mass is 350 g/mol. The van der Waals surface area contributed by atoms with Crippen LogP contribution in [0.25, 0.3) is 10.9 Å². The van der Waals surface area contributed by atoms with Crippen molar-refractivity contribution in [1.82, 2.24) is 4.98 Å². The van der Waals surface area contributed by atoms with Crippen molar-refractivity contribution in [3.63, 3.8) is 0 Å². The Labute approximate surface area is 148 Å². The van der Waals surface area contributed by atoms with Crippen LogP contribution in [-0.2, 0) is 4.74 Å². The molecule has 0 saturated carbocycles. The Morgan fingerprint density at radius 1 is 1.12 bits per heavy atom. The smallest absolute Gasteiger partial charge is 0.339 e. The molecule has 0 fully saturated rings. The number of nitro groups is 1. The lowest BCUT2D eigenvalue weighted by Crippen LogP contribution is -2.15. The molecule has 3 aromatic rings. The largest absolute Gasteiger partial charge is 0.454 e. The van der Waals surface area contributed by atoms with E-state index in [0.717, 1.165) is 0 Å². The van der Waals surface area contributed by atoms with E-state index in [1.807, 2.05) is 6.07 Å². The fraction of sp³-hybridized carbons (Fsp3) is 0.105. The second kappa shape index (κ2) is 7.10. The first kappa shape index (κ1) is 17.2. The van der Waals surface area contributed by atoms with Gasteiger partial charge in [-0.15, -0.1) is 0 Å². The van der Waals surface area contributed by atoms with E-state index in [2.05, 4.69) is 4.98 Å². The van der Waals surface area contributed by atoms with Gasteiger partial charge in [-0.25, -0.2) is 4.79 Å². The summed E-state index contributed by atoms with van der Waals surface area (Å²) < 4.78 is 5.13. The Morgan fingerprint density at radius 2 is 1.81 bits per heavy atom. The van der Waals surface area contributed by atoms with Gasteiger partial charge in [0.1, 0.15) is 0 Å². The zero-order valence-electron chi connectivity index (χ0n) is 13.8. The van der Waals surface area contributed by atoms with Crippen LogP contribution in [0.15, 0.2) is 54.6 Å². The average molecular weight is 350 g/mol. The van der Waals surface area contributed by atoms with Gasteiger partial charge in [0.05, 0.1) is 16.0 Å². The van der Waals surface area contributed by atoms with E-state index in [4.69, 9.17) is 4.74 Å². The van der Waals surface area contributed by atoms with E-state index in [9.17, 15) is 19.7 Å². The Kier molecular flexibility index (Phi) is 4.70. The summed E-state index contributed by atoms with van der Waals surface area (Å²) in [5.41, 5.74) is 1.79. The number of hydrogen-bond acceptors (Lipinski definition) is 6. The van der Waals surface area contributed by atoms with Crippen LogP contribution >= 0.6 is 0 Å². The first-order valence-electron chi connectivity index (χ1n) is 7.77. The molecule has 0 aliphatic carbocycles. The second-order valence-electron chi connectivity index (χ2n) is 5.63. The van der Waals surface area contributed by atoms with Gasteiger partial charge in [-0.1, -0.05) is 18.2 Å². The number of rotatable bonds is 5. The van der Waals surface area contributed by atoms with Gasteiger partial charge in [0.2, 0.25) is 0 Å². The summed E-state index contributed by atoms with van der Waals surface area (Å²) in [6.07, 6.45) is 0. The van der Waals surface area contributed by atoms with Gasteiger partial charge in [0.25, 0.3) is 5.69 Å². The van der Waals surface area contributed by atoms with Crippen LogP contribution in [0.1, 0.15) is 26.4 Å². The van der Waals surface area contributed by atoms with Crippen molar-refractivity contribution in [3.8, 4) is 0 Å². The normalized spacial score (nSPS) is 10.5. The number of fused-ring (bicyclic) bond motifs is 1. The lowest BCUT2D eigenvalue weighted by atomic mass is 10.1. The average Bonchev–Trinajstić information content (AvgIpc) is 2.65. The highest BCUT2D eigenvalue weighted by molar-refractivity contribution is 6.05. The molecule has 26 heavy (non-hydrogen) atoms. The molecular formula is C19H14N2O5. The topological polar surface area (TPSA) is 99.4 Å². The molecular weight excluding hydrogens is 336 g/mol. The van der Waals surface area contributed by atoms with Crippen LogP contribution in [0.5, 0.6) is 0 Å². The molecule has 0 unspecified atom stereocenters. The molecule has 0 spiro atoms. The second-order valence-corrected chi connectivity index (χ2v) is 5.63. The lowest BCUT2D eigenvalue weighted by Gasteiger charge is -2.08. The zero-order valence-corrected chi connectivity index (χ0v) is 13.8. The highest BCUT2D eigenvalue weighted by atomic mass is 16.6. The summed E-state index contributed by atoms with van der Waals surface area (Å²) in [5, 5.41) is 11.3. The first-order chi connectivity index (χ1) is 12.5. The summed E-state index contributed by atoms with van der Waals surface area (Å²) in [4.78, 5) is 39.0. The van der Waals surface area contributed by atoms with E-state index >= 15 is 0 Å². The Hall–Kier alpha value is -3.61. The minimum Gasteiger partial charge on any atom is -0.454 e. The molecule has 0 radical (unpaired) electrons. The Morgan fingerprint density at radius 3 is 2.50 bits per heavy atom. The molecule has 0 amide bonds. The fourth-order valence-electron chi connectivity index (χ4n) is 2.54. The Balaban J connectivity index is 1.75. The molecule has 0 aliphatic rings. The number of aromatic nitrogens is 1. The van der Waals surface area contributed by atoms with Crippen LogP contribution < -0.4 is 0 Å². The predicted octanol–water partition coefficient (Wildman–Crippen LogP) is 3.49. The number of nitro benzene ring substituents is 1. The van der Waals surface area contributed by atoms with Gasteiger partial charge in [-0.2, -0.15) is 0 Å². The number of aryl methyl sites for hydroxylation is 1. The molecule has 7 heteroatoms. The highest BCUT2D eigenvalue weighted by Crippen LogP contribution is 2.19. The van der Waals surface area contributed by atoms with Crippen LogP contribution in [0.3, 0.4) is 0 Å². The SMILES string of the molecule is Cc1cc(C(=O)OCC(=O)c2ccc([N+](=O)[O-])cc2)c2ccccc2n1. The number of pyridine rings is 1. The van der Waals surface area contributed by atoms with Crippen molar-refractivity contribution in [2.24, 2.45) is 0 Å². The minimum absolute atomic E-state index is 0.114. The van der Waals surface area contributed by atoms with Crippen molar-refractivity contribution in [1.29, 1.82) is 0 Å². The van der Waals surface area contributed by atoms with Crippen molar-refractivity contribution >= 4 is 28.3 Å². The number of benzene rings is 2. The predicted molar refractivity (Wildman–Crippen MR) is 94.2 cm³/mol. The van der Waals surface area contributed by atoms with Crippen molar-refractivity contribution < 1.29 is 19.2 Å². The van der Waals surface area contributed by atoms with Gasteiger partial charge in [0, 0.05) is 28.8 Å². The number of carbonyl (C=O) groups excluding carboxylic acids is 2. The number of Topliss-reactive ketones (excluding diaryl/α,β-unsaturated/α-hetero) is 1. The molecule has 1 aromatic heterocycles. The number of ether oxygens (including phenoxy) is 1. The summed E-state index contributed by atoms with van der Waals surface area (Å²) in [7, 11) is 0. The number of para-hydroxylation sites is 1. The van der Waals surface area contributed by atoms with Crippen LogP contribution in [0, 0.1) is 17.0 Å². The first-order valence-corrected chi connectivity index (χ1v) is 7.77. The third-order valence-electron chi connectivity index (χ3n) is 3.80. The third-order valence-corrected chi connectivity index (χ3v) is 3.80. The molecule has 1 heterocycles. The molecule has 0 bridgehead atoms. The number of hydrogen-bond donors (Lipinski definition) is 0. The summed E-state index contributed by atoms with van der Waals surface area (Å²) in [6, 6.07) is 13.9. The van der Waals surface area contributed by atoms with Gasteiger partial charge in [-0.3, -0.25) is 19.9 Å². The maximum Gasteiger partial charge on any atom is 0.339 e. The highest BCUT2D eigenvalue weighted by Gasteiger charge is 2.16. The third kappa shape index (κ3) is 3.56. The maximum atomic E-state index is 12.4. The van der Waals surface area contributed by atoms with Crippen molar-refractivity contribution in [3.05, 3.63) is 81.5 Å². The number of ketones is 1. The summed E-state index contributed by atoms with van der Waals surface area (Å²) in [5.74, 6) is -1.06. The molecule has 7 nitrogen and oxygen atoms in total. The van der Waals surface area contributed by atoms with Gasteiger partial charge in [-0.05, 0) is 31.2 Å². The quantitative estimate of drug-likeness (QED) is 0.302. The van der Waals surface area contributed by atoms with Crippen molar-refractivity contribution in [2.75, 3.05) is 6.61 Å². The molecule has 0 saturated heterocycles. The fourth-order valence-corrected chi connectivity index (χ4v) is 2.54. The number of esters is 1. The number of nitrogens with zero attached hydrogens (tertiary/aromatic N) is 2. The van der Waals surface area contributed by atoms with Crippen molar-refractivity contribution in [2.45, 2.75) is 6.92 Å². The number of non-ortho nitro benzene ring substituents is 1. The summed E-state index contributed by atoms with van der Waals surface area (Å²) in [6.45, 7) is 1.32. The minimum atomic E-state index is -0.623. The van der Waals surface area contributed by atoms with Gasteiger partial charge >= 0.3 is 5.97 Å². The number of carbonyl (C=O) groups is 2. The van der Waals surface area contributed by atoms with E-state index in [1.54, 1.807) is 31.2 Å². The maximum absolute atomic E-state index is 12.4. The van der Waals surface area contributed by atoms with Gasteiger partial charge < -0.3 is 4.74 Å². The van der Waals surface area contributed by atoms with E-state index < -0.39 is 23.3 Å². The van der Waals surface area contributed by atoms with E-state index in [-0.39, 0.29) is 11.3 Å². The van der Waals surface area contributed by atoms with E-state index in [0.29, 0.717) is 22.2 Å². The molecule has 130 valence electrons.